The normalized spacial score (nSPS) is 12.3. The van der Waals surface area contributed by atoms with Crippen molar-refractivity contribution in [3.63, 3.8) is 0 Å². The lowest BCUT2D eigenvalue weighted by molar-refractivity contribution is 0.0922. The highest BCUT2D eigenvalue weighted by atomic mass is 35.5. The molecule has 1 atom stereocenters. The highest BCUT2D eigenvalue weighted by Gasteiger charge is 2.22. The number of hydrogen-bond donors (Lipinski definition) is 2. The van der Waals surface area contributed by atoms with Crippen molar-refractivity contribution in [1.82, 2.24) is 9.88 Å². The van der Waals surface area contributed by atoms with Crippen LogP contribution in [0.2, 0.25) is 5.02 Å². The van der Waals surface area contributed by atoms with E-state index in [0.717, 1.165) is 16.5 Å². The van der Waals surface area contributed by atoms with E-state index in [1.807, 2.05) is 61.6 Å². The lowest BCUT2D eigenvalue weighted by Gasteiger charge is -2.18. The highest BCUT2D eigenvalue weighted by molar-refractivity contribution is 6.38. The van der Waals surface area contributed by atoms with Gasteiger partial charge >= 0.3 is 0 Å². The van der Waals surface area contributed by atoms with Crippen molar-refractivity contribution in [1.29, 1.82) is 0 Å². The number of benzene rings is 2. The number of aliphatic hydroxyl groups excluding tert-OH is 1. The van der Waals surface area contributed by atoms with Gasteiger partial charge in [0.15, 0.2) is 0 Å². The molecule has 0 saturated carbocycles. The van der Waals surface area contributed by atoms with Crippen LogP contribution in [0.3, 0.4) is 0 Å². The van der Waals surface area contributed by atoms with Crippen LogP contribution in [0.15, 0.2) is 54.6 Å². The van der Waals surface area contributed by atoms with Gasteiger partial charge in [-0.2, -0.15) is 0 Å². The average molecular weight is 343 g/mol. The molecule has 0 fully saturated rings. The standard InChI is InChI=1S/C19H19ClN2O2/c1-22-16-10-6-5-9-14(16)17(20)18(22)19(24)21-15(11-12-23)13-7-3-2-4-8-13/h2-10,15,23H,11-12H2,1H3,(H,21,24). The van der Waals surface area contributed by atoms with E-state index in [1.165, 1.54) is 0 Å². The number of amides is 1. The molecule has 3 aromatic rings. The van der Waals surface area contributed by atoms with Crippen molar-refractivity contribution in [2.45, 2.75) is 12.5 Å². The van der Waals surface area contributed by atoms with E-state index in [1.54, 1.807) is 4.57 Å². The molecule has 124 valence electrons. The summed E-state index contributed by atoms with van der Waals surface area (Å²) in [5.74, 6) is -0.249. The number of carbonyl (C=O) groups is 1. The second-order valence-corrected chi connectivity index (χ2v) is 6.07. The molecule has 0 bridgehead atoms. The second kappa shape index (κ2) is 7.07. The third kappa shape index (κ3) is 3.03. The van der Waals surface area contributed by atoms with Gasteiger partial charge in [0.1, 0.15) is 5.69 Å². The summed E-state index contributed by atoms with van der Waals surface area (Å²) >= 11 is 6.43. The first-order valence-corrected chi connectivity index (χ1v) is 8.21. The Hall–Kier alpha value is -2.30. The number of hydrogen-bond acceptors (Lipinski definition) is 2. The maximum atomic E-state index is 12.8. The van der Waals surface area contributed by atoms with Crippen LogP contribution in [0.5, 0.6) is 0 Å². The Morgan fingerprint density at radius 3 is 2.50 bits per heavy atom. The molecule has 1 unspecified atom stereocenters. The summed E-state index contributed by atoms with van der Waals surface area (Å²) in [6, 6.07) is 17.0. The van der Waals surface area contributed by atoms with Crippen LogP contribution >= 0.6 is 11.6 Å². The topological polar surface area (TPSA) is 54.3 Å². The quantitative estimate of drug-likeness (QED) is 0.743. The van der Waals surface area contributed by atoms with Crippen LogP contribution in [-0.2, 0) is 7.05 Å². The first-order valence-electron chi connectivity index (χ1n) is 7.83. The fourth-order valence-corrected chi connectivity index (χ4v) is 3.33. The van der Waals surface area contributed by atoms with Gasteiger partial charge in [0.25, 0.3) is 5.91 Å². The van der Waals surface area contributed by atoms with Crippen LogP contribution < -0.4 is 5.32 Å². The zero-order valence-corrected chi connectivity index (χ0v) is 14.1. The minimum Gasteiger partial charge on any atom is -0.396 e. The van der Waals surface area contributed by atoms with E-state index in [4.69, 9.17) is 11.6 Å². The van der Waals surface area contributed by atoms with Gasteiger partial charge in [-0.1, -0.05) is 60.1 Å². The molecule has 1 aromatic heterocycles. The maximum absolute atomic E-state index is 12.8. The zero-order chi connectivity index (χ0) is 17.1. The molecule has 2 aromatic carbocycles. The van der Waals surface area contributed by atoms with Crippen LogP contribution in [0.1, 0.15) is 28.5 Å². The van der Waals surface area contributed by atoms with E-state index in [-0.39, 0.29) is 18.6 Å². The number of halogens is 1. The van der Waals surface area contributed by atoms with Gasteiger partial charge in [0.2, 0.25) is 0 Å². The molecule has 0 aliphatic carbocycles. The number of aliphatic hydroxyl groups is 1. The largest absolute Gasteiger partial charge is 0.396 e. The van der Waals surface area contributed by atoms with Crippen molar-refractivity contribution in [3.8, 4) is 0 Å². The minimum absolute atomic E-state index is 0.0112. The predicted molar refractivity (Wildman–Crippen MR) is 96.3 cm³/mol. The lowest BCUT2D eigenvalue weighted by atomic mass is 10.0. The summed E-state index contributed by atoms with van der Waals surface area (Å²) in [6.45, 7) is -0.0112. The fourth-order valence-electron chi connectivity index (χ4n) is 2.96. The summed E-state index contributed by atoms with van der Waals surface area (Å²) in [4.78, 5) is 12.8. The number of para-hydroxylation sites is 1. The van der Waals surface area contributed by atoms with Gasteiger partial charge in [0.05, 0.1) is 11.1 Å². The Morgan fingerprint density at radius 1 is 1.17 bits per heavy atom. The van der Waals surface area contributed by atoms with Gasteiger partial charge in [-0.15, -0.1) is 0 Å². The van der Waals surface area contributed by atoms with Crippen molar-refractivity contribution >= 4 is 28.4 Å². The smallest absolute Gasteiger partial charge is 0.269 e. The van der Waals surface area contributed by atoms with E-state index in [0.29, 0.717) is 17.1 Å². The van der Waals surface area contributed by atoms with Crippen molar-refractivity contribution < 1.29 is 9.90 Å². The number of fused-ring (bicyclic) bond motifs is 1. The average Bonchev–Trinajstić information content (AvgIpc) is 2.87. The molecule has 0 saturated heterocycles. The highest BCUT2D eigenvalue weighted by Crippen LogP contribution is 2.30. The molecule has 1 amide bonds. The first kappa shape index (κ1) is 16.6. The molecule has 5 heteroatoms. The van der Waals surface area contributed by atoms with Gasteiger partial charge in [-0.25, -0.2) is 0 Å². The van der Waals surface area contributed by atoms with Gasteiger partial charge in [-0.3, -0.25) is 4.79 Å². The Bertz CT molecular complexity index is 819. The summed E-state index contributed by atoms with van der Waals surface area (Å²) in [5, 5.41) is 13.6. The molecule has 3 rings (SSSR count). The zero-order valence-electron chi connectivity index (χ0n) is 13.4. The van der Waals surface area contributed by atoms with Crippen molar-refractivity contribution in [3.05, 3.63) is 70.9 Å². The Kier molecular flexibility index (Phi) is 4.88. The van der Waals surface area contributed by atoms with E-state index in [2.05, 4.69) is 5.32 Å². The van der Waals surface area contributed by atoms with E-state index >= 15 is 0 Å². The summed E-state index contributed by atoms with van der Waals surface area (Å²) in [7, 11) is 1.83. The maximum Gasteiger partial charge on any atom is 0.269 e. The van der Waals surface area contributed by atoms with Crippen LogP contribution in [0.4, 0.5) is 0 Å². The van der Waals surface area contributed by atoms with Gasteiger partial charge < -0.3 is 15.0 Å². The number of rotatable bonds is 5. The third-order valence-corrected chi connectivity index (χ3v) is 4.57. The lowest BCUT2D eigenvalue weighted by Crippen LogP contribution is -2.30. The summed E-state index contributed by atoms with van der Waals surface area (Å²) in [5.41, 5.74) is 2.29. The summed E-state index contributed by atoms with van der Waals surface area (Å²) < 4.78 is 1.80. The van der Waals surface area contributed by atoms with E-state index < -0.39 is 0 Å². The second-order valence-electron chi connectivity index (χ2n) is 5.69. The Morgan fingerprint density at radius 2 is 1.83 bits per heavy atom. The number of aromatic nitrogens is 1. The summed E-state index contributed by atoms with van der Waals surface area (Å²) in [6.07, 6.45) is 0.442. The molecule has 2 N–H and O–H groups in total. The molecule has 4 nitrogen and oxygen atoms in total. The molecular weight excluding hydrogens is 324 g/mol. The first-order chi connectivity index (χ1) is 11.6. The minimum atomic E-state index is -0.266. The molecule has 0 aliphatic rings. The van der Waals surface area contributed by atoms with Crippen LogP contribution in [-0.4, -0.2) is 22.2 Å². The van der Waals surface area contributed by atoms with Crippen molar-refractivity contribution in [2.75, 3.05) is 6.61 Å². The van der Waals surface area contributed by atoms with Gasteiger partial charge in [0, 0.05) is 24.6 Å². The number of carbonyl (C=O) groups excluding carboxylic acids is 1. The van der Waals surface area contributed by atoms with E-state index in [9.17, 15) is 9.90 Å². The van der Waals surface area contributed by atoms with Crippen LogP contribution in [0.25, 0.3) is 10.9 Å². The van der Waals surface area contributed by atoms with Gasteiger partial charge in [-0.05, 0) is 18.1 Å². The number of nitrogens with one attached hydrogen (secondary N) is 1. The SMILES string of the molecule is Cn1c(C(=O)NC(CCO)c2ccccc2)c(Cl)c2ccccc21. The molecule has 0 spiro atoms. The number of nitrogens with zero attached hydrogens (tertiary/aromatic N) is 1. The third-order valence-electron chi connectivity index (χ3n) is 4.19. The fraction of sp³-hybridized carbons (Fsp3) is 0.211. The Balaban J connectivity index is 1.94. The molecule has 0 radical (unpaired) electrons. The molecule has 24 heavy (non-hydrogen) atoms. The molecule has 0 aliphatic heterocycles. The monoisotopic (exact) mass is 342 g/mol. The van der Waals surface area contributed by atoms with Crippen molar-refractivity contribution in [2.24, 2.45) is 7.05 Å². The number of aryl methyl sites for hydroxylation is 1. The predicted octanol–water partition coefficient (Wildman–Crippen LogP) is 3.69. The van der Waals surface area contributed by atoms with Crippen LogP contribution in [0, 0.1) is 0 Å². The Labute approximate surface area is 145 Å². The molecular formula is C19H19ClN2O2. The molecule has 1 heterocycles.